The van der Waals surface area contributed by atoms with E-state index in [1.807, 2.05) is 25.1 Å². The second-order valence-electron chi connectivity index (χ2n) is 6.71. The summed E-state index contributed by atoms with van der Waals surface area (Å²) in [7, 11) is 1.25. The molecule has 0 saturated heterocycles. The minimum absolute atomic E-state index is 0.000899. The van der Waals surface area contributed by atoms with Gasteiger partial charge in [-0.25, -0.2) is 9.97 Å². The molecule has 2 aromatic carbocycles. The minimum atomic E-state index is -0.574. The molecule has 2 aromatic heterocycles. The second-order valence-corrected chi connectivity index (χ2v) is 8.68. The molecule has 4 rings (SSSR count). The van der Waals surface area contributed by atoms with Crippen molar-refractivity contribution in [3.8, 4) is 0 Å². The lowest BCUT2D eigenvalue weighted by molar-refractivity contribution is -0.141. The number of hydrogen-bond acceptors (Lipinski definition) is 8. The van der Waals surface area contributed by atoms with Crippen LogP contribution in [0.25, 0.3) is 21.1 Å². The zero-order valence-electron chi connectivity index (χ0n) is 16.7. The number of fused-ring (bicyclic) bond motifs is 2. The number of thioether (sulfide) groups is 1. The Balaban J connectivity index is 1.55. The monoisotopic (exact) mass is 454 g/mol. The molecule has 0 spiro atoms. The Morgan fingerprint density at radius 2 is 1.97 bits per heavy atom. The summed E-state index contributed by atoms with van der Waals surface area (Å²) < 4.78 is 6.92. The number of hydrogen-bond donors (Lipinski definition) is 1. The standard InChI is InChI=1S/C21H18N4O4S2/c1-12-7-8-15-16(9-12)31-20(22-15)24-17(26)11-30-21-23-14-6-4-3-5-13(14)19(28)25(21)10-18(27)29-2/h3-9H,10-11H2,1-2H3,(H,22,24,26). The van der Waals surface area contributed by atoms with Gasteiger partial charge in [0, 0.05) is 0 Å². The highest BCUT2D eigenvalue weighted by Gasteiger charge is 2.16. The van der Waals surface area contributed by atoms with Gasteiger partial charge in [-0.05, 0) is 36.8 Å². The zero-order chi connectivity index (χ0) is 22.0. The molecule has 31 heavy (non-hydrogen) atoms. The Kier molecular flexibility index (Phi) is 6.01. The molecule has 0 saturated carbocycles. The first kappa shape index (κ1) is 21.0. The van der Waals surface area contributed by atoms with Crippen LogP contribution in [0.5, 0.6) is 0 Å². The molecule has 0 unspecified atom stereocenters. The van der Waals surface area contributed by atoms with Gasteiger partial charge in [0.05, 0.1) is 34.0 Å². The molecular weight excluding hydrogens is 436 g/mol. The van der Waals surface area contributed by atoms with Crippen LogP contribution in [-0.2, 0) is 20.9 Å². The summed E-state index contributed by atoms with van der Waals surface area (Å²) in [5, 5.41) is 3.95. The summed E-state index contributed by atoms with van der Waals surface area (Å²) in [6.07, 6.45) is 0. The number of thiazole rings is 1. The van der Waals surface area contributed by atoms with E-state index in [9.17, 15) is 14.4 Å². The van der Waals surface area contributed by atoms with Crippen molar-refractivity contribution in [2.24, 2.45) is 0 Å². The van der Waals surface area contributed by atoms with Crippen LogP contribution in [0.15, 0.2) is 52.4 Å². The fraction of sp³-hybridized carbons (Fsp3) is 0.190. The number of carbonyl (C=O) groups is 2. The summed E-state index contributed by atoms with van der Waals surface area (Å²) in [4.78, 5) is 46.0. The van der Waals surface area contributed by atoms with E-state index >= 15 is 0 Å². The quantitative estimate of drug-likeness (QED) is 0.271. The molecule has 0 fully saturated rings. The number of methoxy groups -OCH3 is 1. The van der Waals surface area contributed by atoms with Crippen LogP contribution in [0.4, 0.5) is 5.13 Å². The van der Waals surface area contributed by atoms with E-state index in [4.69, 9.17) is 4.74 Å². The van der Waals surface area contributed by atoms with Gasteiger partial charge in [0.2, 0.25) is 5.91 Å². The SMILES string of the molecule is COC(=O)Cn1c(SCC(=O)Nc2nc3ccc(C)cc3s2)nc2ccccc2c1=O. The molecule has 0 atom stereocenters. The van der Waals surface area contributed by atoms with E-state index in [1.54, 1.807) is 24.3 Å². The largest absolute Gasteiger partial charge is 0.468 e. The topological polar surface area (TPSA) is 103 Å². The van der Waals surface area contributed by atoms with Gasteiger partial charge in [-0.15, -0.1) is 0 Å². The molecule has 4 aromatic rings. The molecule has 0 radical (unpaired) electrons. The summed E-state index contributed by atoms with van der Waals surface area (Å²) in [5.74, 6) is -0.857. The molecule has 0 aliphatic rings. The summed E-state index contributed by atoms with van der Waals surface area (Å²) in [6.45, 7) is 1.72. The first-order valence-electron chi connectivity index (χ1n) is 9.31. The van der Waals surface area contributed by atoms with Gasteiger partial charge >= 0.3 is 5.97 Å². The van der Waals surface area contributed by atoms with Crippen molar-refractivity contribution in [1.29, 1.82) is 0 Å². The third-order valence-corrected chi connectivity index (χ3v) is 6.37. The molecule has 1 amide bonds. The molecule has 0 bridgehead atoms. The number of nitrogens with one attached hydrogen (secondary N) is 1. The molecule has 2 heterocycles. The number of carbonyl (C=O) groups excluding carboxylic acids is 2. The highest BCUT2D eigenvalue weighted by Crippen LogP contribution is 2.27. The fourth-order valence-electron chi connectivity index (χ4n) is 2.96. The van der Waals surface area contributed by atoms with E-state index in [0.29, 0.717) is 16.0 Å². The lowest BCUT2D eigenvalue weighted by Crippen LogP contribution is -2.28. The molecule has 0 aliphatic carbocycles. The first-order chi connectivity index (χ1) is 14.9. The van der Waals surface area contributed by atoms with Gasteiger partial charge in [0.25, 0.3) is 5.56 Å². The van der Waals surface area contributed by atoms with Crippen LogP contribution in [0.1, 0.15) is 5.56 Å². The molecule has 8 nitrogen and oxygen atoms in total. The first-order valence-corrected chi connectivity index (χ1v) is 11.1. The van der Waals surface area contributed by atoms with Crippen LogP contribution < -0.4 is 10.9 Å². The summed E-state index contributed by atoms with van der Waals surface area (Å²) in [6, 6.07) is 12.8. The highest BCUT2D eigenvalue weighted by molar-refractivity contribution is 7.99. The van der Waals surface area contributed by atoms with Crippen molar-refractivity contribution >= 4 is 61.2 Å². The fourth-order valence-corrected chi connectivity index (χ4v) is 4.74. The van der Waals surface area contributed by atoms with E-state index in [-0.39, 0.29) is 28.9 Å². The second kappa shape index (κ2) is 8.86. The number of esters is 1. The number of benzene rings is 2. The highest BCUT2D eigenvalue weighted by atomic mass is 32.2. The van der Waals surface area contributed by atoms with Gasteiger partial charge in [-0.1, -0.05) is 41.3 Å². The van der Waals surface area contributed by atoms with Gasteiger partial charge in [-0.3, -0.25) is 19.0 Å². The molecule has 0 aliphatic heterocycles. The van der Waals surface area contributed by atoms with Crippen LogP contribution in [0.2, 0.25) is 0 Å². The Morgan fingerprint density at radius 3 is 2.77 bits per heavy atom. The predicted octanol–water partition coefficient (Wildman–Crippen LogP) is 3.22. The average molecular weight is 455 g/mol. The van der Waals surface area contributed by atoms with Crippen molar-refractivity contribution < 1.29 is 14.3 Å². The van der Waals surface area contributed by atoms with Crippen molar-refractivity contribution in [2.45, 2.75) is 18.6 Å². The van der Waals surface area contributed by atoms with E-state index < -0.39 is 5.97 Å². The molecule has 1 N–H and O–H groups in total. The number of para-hydroxylation sites is 1. The van der Waals surface area contributed by atoms with E-state index in [1.165, 1.54) is 23.0 Å². The van der Waals surface area contributed by atoms with Crippen molar-refractivity contribution in [1.82, 2.24) is 14.5 Å². The summed E-state index contributed by atoms with van der Waals surface area (Å²) >= 11 is 2.47. The molecule has 158 valence electrons. The number of rotatable bonds is 6. The van der Waals surface area contributed by atoms with Crippen LogP contribution >= 0.6 is 23.1 Å². The van der Waals surface area contributed by atoms with Gasteiger partial charge in [0.1, 0.15) is 6.54 Å². The Hall–Kier alpha value is -3.24. The van der Waals surface area contributed by atoms with Crippen molar-refractivity contribution in [2.75, 3.05) is 18.2 Å². The minimum Gasteiger partial charge on any atom is -0.468 e. The Bertz CT molecular complexity index is 1360. The number of anilines is 1. The third kappa shape index (κ3) is 4.59. The van der Waals surface area contributed by atoms with Crippen LogP contribution in [0.3, 0.4) is 0 Å². The Labute approximate surface area is 185 Å². The van der Waals surface area contributed by atoms with E-state index in [0.717, 1.165) is 27.5 Å². The number of ether oxygens (including phenoxy) is 1. The van der Waals surface area contributed by atoms with Gasteiger partial charge < -0.3 is 10.1 Å². The normalized spacial score (nSPS) is 11.0. The average Bonchev–Trinajstić information content (AvgIpc) is 3.15. The smallest absolute Gasteiger partial charge is 0.325 e. The zero-order valence-corrected chi connectivity index (χ0v) is 18.4. The van der Waals surface area contributed by atoms with Gasteiger partial charge in [-0.2, -0.15) is 0 Å². The number of aromatic nitrogens is 3. The lowest BCUT2D eigenvalue weighted by atomic mass is 10.2. The van der Waals surface area contributed by atoms with E-state index in [2.05, 4.69) is 15.3 Å². The van der Waals surface area contributed by atoms with Crippen molar-refractivity contribution in [3.05, 3.63) is 58.4 Å². The lowest BCUT2D eigenvalue weighted by Gasteiger charge is -2.11. The predicted molar refractivity (Wildman–Crippen MR) is 122 cm³/mol. The Morgan fingerprint density at radius 1 is 1.16 bits per heavy atom. The maximum absolute atomic E-state index is 12.9. The number of amides is 1. The van der Waals surface area contributed by atoms with Gasteiger partial charge in [0.15, 0.2) is 10.3 Å². The third-order valence-electron chi connectivity index (χ3n) is 4.46. The maximum atomic E-state index is 12.9. The van der Waals surface area contributed by atoms with Crippen molar-refractivity contribution in [3.63, 3.8) is 0 Å². The maximum Gasteiger partial charge on any atom is 0.325 e. The number of aryl methyl sites for hydroxylation is 1. The number of nitrogens with zero attached hydrogens (tertiary/aromatic N) is 3. The van der Waals surface area contributed by atoms with Crippen LogP contribution in [-0.4, -0.2) is 39.3 Å². The van der Waals surface area contributed by atoms with Crippen LogP contribution in [0, 0.1) is 6.92 Å². The summed E-state index contributed by atoms with van der Waals surface area (Å²) in [5.41, 5.74) is 2.08. The molecule has 10 heteroatoms. The molecular formula is C21H18N4O4S2.